The Bertz CT molecular complexity index is 1090. The number of thiazole rings is 1. The summed E-state index contributed by atoms with van der Waals surface area (Å²) in [5.74, 6) is 1.63. The number of nitrogens with zero attached hydrogens (tertiary/aromatic N) is 3. The summed E-state index contributed by atoms with van der Waals surface area (Å²) in [6.07, 6.45) is 3.83. The lowest BCUT2D eigenvalue weighted by Gasteiger charge is -2.14. The number of halogens is 1. The quantitative estimate of drug-likeness (QED) is 0.340. The molecule has 4 nitrogen and oxygen atoms in total. The number of ether oxygens (including phenoxy) is 1. The van der Waals surface area contributed by atoms with E-state index < -0.39 is 0 Å². The van der Waals surface area contributed by atoms with Gasteiger partial charge in [-0.05, 0) is 43.3 Å². The van der Waals surface area contributed by atoms with E-state index in [0.717, 1.165) is 38.6 Å². The Hall–Kier alpha value is -2.28. The topological polar surface area (TPSA) is 39.9 Å². The van der Waals surface area contributed by atoms with E-state index in [4.69, 9.17) is 21.3 Å². The first kappa shape index (κ1) is 19.1. The van der Waals surface area contributed by atoms with Crippen LogP contribution < -0.4 is 4.74 Å². The van der Waals surface area contributed by atoms with Crippen LogP contribution in [-0.2, 0) is 5.75 Å². The fourth-order valence-electron chi connectivity index (χ4n) is 2.93. The van der Waals surface area contributed by atoms with Crippen LogP contribution in [0.5, 0.6) is 5.75 Å². The number of methoxy groups -OCH3 is 1. The molecule has 0 fully saturated rings. The van der Waals surface area contributed by atoms with E-state index >= 15 is 0 Å². The Morgan fingerprint density at radius 1 is 1.07 bits per heavy atom. The minimum absolute atomic E-state index is 0.706. The molecule has 0 N–H and O–H groups in total. The Balaban J connectivity index is 1.78. The van der Waals surface area contributed by atoms with E-state index in [0.29, 0.717) is 5.02 Å². The zero-order valence-electron chi connectivity index (χ0n) is 15.4. The molecule has 0 aliphatic carbocycles. The van der Waals surface area contributed by atoms with E-state index in [2.05, 4.69) is 9.55 Å². The SMILES string of the molecule is COc1ccccc1-c1cnc(SCc2cnc(C)s2)n1-c1ccc(Cl)cc1. The first-order valence-corrected chi connectivity index (χ1v) is 10.8. The van der Waals surface area contributed by atoms with Crippen molar-refractivity contribution >= 4 is 34.7 Å². The zero-order chi connectivity index (χ0) is 19.5. The highest BCUT2D eigenvalue weighted by Crippen LogP contribution is 2.36. The van der Waals surface area contributed by atoms with Gasteiger partial charge in [-0.25, -0.2) is 9.97 Å². The highest BCUT2D eigenvalue weighted by atomic mass is 35.5. The summed E-state index contributed by atoms with van der Waals surface area (Å²) in [4.78, 5) is 10.3. The van der Waals surface area contributed by atoms with Crippen LogP contribution in [0.1, 0.15) is 9.88 Å². The molecule has 0 unspecified atom stereocenters. The minimum Gasteiger partial charge on any atom is -0.496 e. The van der Waals surface area contributed by atoms with Gasteiger partial charge in [-0.2, -0.15) is 0 Å². The van der Waals surface area contributed by atoms with Crippen LogP contribution in [0.25, 0.3) is 16.9 Å². The second kappa shape index (κ2) is 8.39. The molecular weight excluding hydrogens is 410 g/mol. The predicted molar refractivity (Wildman–Crippen MR) is 117 cm³/mol. The van der Waals surface area contributed by atoms with Gasteiger partial charge in [0, 0.05) is 33.1 Å². The number of aromatic nitrogens is 3. The van der Waals surface area contributed by atoms with Gasteiger partial charge in [-0.3, -0.25) is 4.57 Å². The van der Waals surface area contributed by atoms with Gasteiger partial charge in [0.1, 0.15) is 5.75 Å². The standard InChI is InChI=1S/C21H18ClN3OS2/c1-14-23-11-17(28-14)13-27-21-24-12-19(18-5-3-4-6-20(18)26-2)25(21)16-9-7-15(22)8-10-16/h3-12H,13H2,1-2H3. The van der Waals surface area contributed by atoms with Crippen LogP contribution >= 0.6 is 34.7 Å². The van der Waals surface area contributed by atoms with Gasteiger partial charge in [0.15, 0.2) is 5.16 Å². The summed E-state index contributed by atoms with van der Waals surface area (Å²) in [5.41, 5.74) is 2.97. The van der Waals surface area contributed by atoms with Crippen molar-refractivity contribution in [1.29, 1.82) is 0 Å². The average molecular weight is 428 g/mol. The van der Waals surface area contributed by atoms with Gasteiger partial charge in [-0.1, -0.05) is 35.5 Å². The number of benzene rings is 2. The molecule has 0 bridgehead atoms. The lowest BCUT2D eigenvalue weighted by atomic mass is 10.1. The number of hydrogen-bond acceptors (Lipinski definition) is 5. The second-order valence-electron chi connectivity index (χ2n) is 6.07. The molecule has 0 spiro atoms. The maximum absolute atomic E-state index is 6.11. The van der Waals surface area contributed by atoms with Gasteiger partial charge in [0.2, 0.25) is 0 Å². The lowest BCUT2D eigenvalue weighted by molar-refractivity contribution is 0.416. The molecule has 2 heterocycles. The van der Waals surface area contributed by atoms with Crippen LogP contribution in [-0.4, -0.2) is 21.6 Å². The molecule has 0 amide bonds. The highest BCUT2D eigenvalue weighted by molar-refractivity contribution is 7.98. The third kappa shape index (κ3) is 3.94. The number of imidazole rings is 1. The maximum Gasteiger partial charge on any atom is 0.173 e. The van der Waals surface area contributed by atoms with Gasteiger partial charge >= 0.3 is 0 Å². The summed E-state index contributed by atoms with van der Waals surface area (Å²) in [7, 11) is 1.68. The number of thioether (sulfide) groups is 1. The molecule has 0 saturated carbocycles. The van der Waals surface area contributed by atoms with Crippen molar-refractivity contribution in [3.63, 3.8) is 0 Å². The molecule has 7 heteroatoms. The van der Waals surface area contributed by atoms with Crippen molar-refractivity contribution in [2.45, 2.75) is 17.8 Å². The predicted octanol–water partition coefficient (Wildman–Crippen LogP) is 6.26. The van der Waals surface area contributed by atoms with E-state index in [1.54, 1.807) is 30.2 Å². The molecule has 2 aromatic carbocycles. The largest absolute Gasteiger partial charge is 0.496 e. The fraction of sp³-hybridized carbons (Fsp3) is 0.143. The summed E-state index contributed by atoms with van der Waals surface area (Å²) in [6.45, 7) is 2.02. The molecule has 0 radical (unpaired) electrons. The summed E-state index contributed by atoms with van der Waals surface area (Å²) in [6, 6.07) is 15.8. The zero-order valence-corrected chi connectivity index (χ0v) is 17.8. The van der Waals surface area contributed by atoms with Gasteiger partial charge in [-0.15, -0.1) is 11.3 Å². The van der Waals surface area contributed by atoms with Crippen molar-refractivity contribution in [3.8, 4) is 22.7 Å². The second-order valence-corrected chi connectivity index (χ2v) is 8.77. The molecule has 0 aliphatic rings. The number of para-hydroxylation sites is 1. The summed E-state index contributed by atoms with van der Waals surface area (Å²) in [5, 5.41) is 2.69. The molecule has 28 heavy (non-hydrogen) atoms. The molecule has 2 aromatic heterocycles. The van der Waals surface area contributed by atoms with Crippen molar-refractivity contribution in [3.05, 3.63) is 75.8 Å². The lowest BCUT2D eigenvalue weighted by Crippen LogP contribution is -2.00. The molecule has 0 aliphatic heterocycles. The maximum atomic E-state index is 6.11. The Morgan fingerprint density at radius 3 is 2.57 bits per heavy atom. The van der Waals surface area contributed by atoms with Crippen molar-refractivity contribution in [1.82, 2.24) is 14.5 Å². The summed E-state index contributed by atoms with van der Waals surface area (Å²) < 4.78 is 7.72. The molecule has 0 saturated heterocycles. The van der Waals surface area contributed by atoms with Gasteiger partial charge in [0.25, 0.3) is 0 Å². The Kier molecular flexibility index (Phi) is 5.71. The van der Waals surface area contributed by atoms with E-state index in [-0.39, 0.29) is 0 Å². The first-order valence-electron chi connectivity index (χ1n) is 8.67. The molecular formula is C21H18ClN3OS2. The smallest absolute Gasteiger partial charge is 0.173 e. The molecule has 4 aromatic rings. The molecule has 142 valence electrons. The fourth-order valence-corrected chi connectivity index (χ4v) is 4.87. The van der Waals surface area contributed by atoms with Crippen LogP contribution in [0.15, 0.2) is 66.1 Å². The average Bonchev–Trinajstić information content (AvgIpc) is 3.33. The third-order valence-corrected chi connectivity index (χ3v) is 6.56. The number of hydrogen-bond donors (Lipinski definition) is 0. The van der Waals surface area contributed by atoms with Crippen LogP contribution in [0.4, 0.5) is 0 Å². The number of rotatable bonds is 6. The minimum atomic E-state index is 0.706. The van der Waals surface area contributed by atoms with E-state index in [1.807, 2.05) is 67.8 Å². The van der Waals surface area contributed by atoms with Crippen molar-refractivity contribution in [2.24, 2.45) is 0 Å². The van der Waals surface area contributed by atoms with Gasteiger partial charge in [0.05, 0.1) is 24.0 Å². The highest BCUT2D eigenvalue weighted by Gasteiger charge is 2.17. The Labute approximate surface area is 177 Å². The van der Waals surface area contributed by atoms with E-state index in [1.165, 1.54) is 4.88 Å². The van der Waals surface area contributed by atoms with Crippen LogP contribution in [0, 0.1) is 6.92 Å². The first-order chi connectivity index (χ1) is 13.7. The molecule has 0 atom stereocenters. The van der Waals surface area contributed by atoms with Gasteiger partial charge < -0.3 is 4.74 Å². The molecule has 4 rings (SSSR count). The normalized spacial score (nSPS) is 11.0. The number of aryl methyl sites for hydroxylation is 1. The van der Waals surface area contributed by atoms with Crippen LogP contribution in [0.3, 0.4) is 0 Å². The van der Waals surface area contributed by atoms with E-state index in [9.17, 15) is 0 Å². The van der Waals surface area contributed by atoms with Crippen LogP contribution in [0.2, 0.25) is 5.02 Å². The monoisotopic (exact) mass is 427 g/mol. The third-order valence-electron chi connectivity index (χ3n) is 4.21. The Morgan fingerprint density at radius 2 is 1.86 bits per heavy atom. The van der Waals surface area contributed by atoms with Crippen molar-refractivity contribution < 1.29 is 4.74 Å². The summed E-state index contributed by atoms with van der Waals surface area (Å²) >= 11 is 9.51. The van der Waals surface area contributed by atoms with Crippen molar-refractivity contribution in [2.75, 3.05) is 7.11 Å².